The van der Waals surface area contributed by atoms with Crippen molar-refractivity contribution >= 4 is 51.4 Å². The van der Waals surface area contributed by atoms with Crippen LogP contribution in [0.4, 0.5) is 0 Å². The highest BCUT2D eigenvalue weighted by Crippen LogP contribution is 2.34. The van der Waals surface area contributed by atoms with Crippen molar-refractivity contribution in [2.75, 3.05) is 0 Å². The smallest absolute Gasteiger partial charge is 0.263 e. The van der Waals surface area contributed by atoms with Crippen LogP contribution < -0.4 is 5.32 Å². The molecule has 0 bridgehead atoms. The molecule has 1 heterocycles. The van der Waals surface area contributed by atoms with Gasteiger partial charge in [-0.25, -0.2) is 0 Å². The minimum Gasteiger partial charge on any atom is -0.506 e. The lowest BCUT2D eigenvalue weighted by Crippen LogP contribution is -2.18. The average Bonchev–Trinajstić information content (AvgIpc) is 2.61. The predicted molar refractivity (Wildman–Crippen MR) is 74.0 cm³/mol. The standard InChI is InChI=1S/C11H8ClNO2S2/c1-5(9-10(15)13-11(16)17-9)6-2-3-7(12)8(14)4-6/h2-4,14H,1H3,(H,13,15,16)/b9-5+. The first-order valence-electron chi connectivity index (χ1n) is 4.72. The van der Waals surface area contributed by atoms with Gasteiger partial charge in [0.15, 0.2) is 0 Å². The van der Waals surface area contributed by atoms with Crippen LogP contribution in [0.2, 0.25) is 5.02 Å². The molecule has 1 saturated heterocycles. The van der Waals surface area contributed by atoms with Crippen LogP contribution in [-0.4, -0.2) is 15.3 Å². The van der Waals surface area contributed by atoms with Crippen LogP contribution in [0.1, 0.15) is 12.5 Å². The largest absolute Gasteiger partial charge is 0.506 e. The first-order chi connectivity index (χ1) is 7.99. The molecule has 1 aromatic carbocycles. The van der Waals surface area contributed by atoms with Gasteiger partial charge >= 0.3 is 0 Å². The summed E-state index contributed by atoms with van der Waals surface area (Å²) in [6.07, 6.45) is 0. The van der Waals surface area contributed by atoms with Crippen LogP contribution in [0.25, 0.3) is 5.57 Å². The van der Waals surface area contributed by atoms with Gasteiger partial charge in [-0.2, -0.15) is 0 Å². The number of phenols is 1. The van der Waals surface area contributed by atoms with E-state index in [1.165, 1.54) is 17.8 Å². The highest BCUT2D eigenvalue weighted by molar-refractivity contribution is 8.26. The Morgan fingerprint density at radius 1 is 1.53 bits per heavy atom. The van der Waals surface area contributed by atoms with Crippen molar-refractivity contribution in [3.05, 3.63) is 33.7 Å². The van der Waals surface area contributed by atoms with E-state index in [0.29, 0.717) is 9.23 Å². The van der Waals surface area contributed by atoms with Gasteiger partial charge in [0.25, 0.3) is 5.91 Å². The highest BCUT2D eigenvalue weighted by atomic mass is 35.5. The molecule has 88 valence electrons. The third-order valence-corrected chi connectivity index (χ3v) is 3.99. The van der Waals surface area contributed by atoms with E-state index in [4.69, 9.17) is 23.8 Å². The van der Waals surface area contributed by atoms with Crippen LogP contribution in [0.15, 0.2) is 23.1 Å². The van der Waals surface area contributed by atoms with E-state index in [-0.39, 0.29) is 16.7 Å². The number of thiocarbonyl (C=S) groups is 1. The zero-order valence-electron chi connectivity index (χ0n) is 8.78. The van der Waals surface area contributed by atoms with E-state index in [9.17, 15) is 9.90 Å². The molecule has 1 amide bonds. The number of phenolic OH excluding ortho intramolecular Hbond substituents is 1. The molecular formula is C11H8ClNO2S2. The van der Waals surface area contributed by atoms with Crippen molar-refractivity contribution in [2.45, 2.75) is 6.92 Å². The normalized spacial score (nSPS) is 18.2. The summed E-state index contributed by atoms with van der Waals surface area (Å²) in [5.41, 5.74) is 1.51. The maximum absolute atomic E-state index is 11.6. The zero-order chi connectivity index (χ0) is 12.6. The Labute approximate surface area is 113 Å². The number of benzene rings is 1. The molecule has 0 saturated carbocycles. The number of carbonyl (C=O) groups excluding carboxylic acids is 1. The number of aromatic hydroxyl groups is 1. The van der Waals surface area contributed by atoms with Crippen molar-refractivity contribution in [3.63, 3.8) is 0 Å². The molecule has 0 unspecified atom stereocenters. The van der Waals surface area contributed by atoms with Crippen LogP contribution in [0.5, 0.6) is 5.75 Å². The summed E-state index contributed by atoms with van der Waals surface area (Å²) in [4.78, 5) is 12.1. The summed E-state index contributed by atoms with van der Waals surface area (Å²) < 4.78 is 0.447. The minimum atomic E-state index is -0.202. The predicted octanol–water partition coefficient (Wildman–Crippen LogP) is 2.92. The molecule has 0 aliphatic carbocycles. The van der Waals surface area contributed by atoms with Gasteiger partial charge in [-0.3, -0.25) is 4.79 Å². The van der Waals surface area contributed by atoms with Crippen LogP contribution >= 0.6 is 35.6 Å². The molecule has 1 fully saturated rings. The van der Waals surface area contributed by atoms with Crippen molar-refractivity contribution in [3.8, 4) is 5.75 Å². The van der Waals surface area contributed by atoms with E-state index < -0.39 is 0 Å². The Morgan fingerprint density at radius 2 is 2.24 bits per heavy atom. The number of hydrogen-bond donors (Lipinski definition) is 2. The van der Waals surface area contributed by atoms with Crippen molar-refractivity contribution in [2.24, 2.45) is 0 Å². The number of carbonyl (C=O) groups is 1. The van der Waals surface area contributed by atoms with Gasteiger partial charge in [0, 0.05) is 0 Å². The lowest BCUT2D eigenvalue weighted by molar-refractivity contribution is -0.115. The second-order valence-electron chi connectivity index (χ2n) is 3.46. The molecule has 17 heavy (non-hydrogen) atoms. The number of rotatable bonds is 1. The number of thioether (sulfide) groups is 1. The van der Waals surface area contributed by atoms with Gasteiger partial charge in [-0.05, 0) is 30.2 Å². The Bertz CT molecular complexity index is 554. The van der Waals surface area contributed by atoms with Gasteiger partial charge < -0.3 is 10.4 Å². The molecule has 2 rings (SSSR count). The topological polar surface area (TPSA) is 49.3 Å². The van der Waals surface area contributed by atoms with Crippen LogP contribution in [0.3, 0.4) is 0 Å². The minimum absolute atomic E-state index is 0.00454. The van der Waals surface area contributed by atoms with Gasteiger partial charge in [0.2, 0.25) is 0 Å². The first-order valence-corrected chi connectivity index (χ1v) is 6.32. The quantitative estimate of drug-likeness (QED) is 0.615. The van der Waals surface area contributed by atoms with E-state index in [0.717, 1.165) is 11.1 Å². The maximum atomic E-state index is 11.6. The Morgan fingerprint density at radius 3 is 2.76 bits per heavy atom. The molecule has 1 aliphatic rings. The fourth-order valence-corrected chi connectivity index (χ4v) is 2.64. The van der Waals surface area contributed by atoms with Crippen molar-refractivity contribution < 1.29 is 9.90 Å². The molecule has 0 aromatic heterocycles. The molecule has 0 atom stereocenters. The summed E-state index contributed by atoms with van der Waals surface area (Å²) >= 11 is 11.9. The second-order valence-corrected chi connectivity index (χ2v) is 5.56. The maximum Gasteiger partial charge on any atom is 0.263 e. The van der Waals surface area contributed by atoms with Crippen molar-refractivity contribution in [1.82, 2.24) is 5.32 Å². The molecule has 1 aromatic rings. The molecule has 6 heteroatoms. The number of amides is 1. The highest BCUT2D eigenvalue weighted by Gasteiger charge is 2.25. The van der Waals surface area contributed by atoms with Gasteiger partial charge in [-0.15, -0.1) is 0 Å². The van der Waals surface area contributed by atoms with Crippen LogP contribution in [-0.2, 0) is 4.79 Å². The summed E-state index contributed by atoms with van der Waals surface area (Å²) in [5, 5.41) is 12.4. The van der Waals surface area contributed by atoms with E-state index in [1.54, 1.807) is 19.1 Å². The lowest BCUT2D eigenvalue weighted by atomic mass is 10.1. The second kappa shape index (κ2) is 4.68. The Balaban J connectivity index is 2.46. The fourth-order valence-electron chi connectivity index (χ4n) is 1.44. The monoisotopic (exact) mass is 285 g/mol. The summed E-state index contributed by atoms with van der Waals surface area (Å²) in [7, 11) is 0. The van der Waals surface area contributed by atoms with Gasteiger partial charge in [0.05, 0.1) is 9.93 Å². The summed E-state index contributed by atoms with van der Waals surface area (Å²) in [6, 6.07) is 4.87. The number of allylic oxidation sites excluding steroid dienone is 1. The number of nitrogens with one attached hydrogen (secondary N) is 1. The Hall–Kier alpha value is -1.04. The zero-order valence-corrected chi connectivity index (χ0v) is 11.2. The molecule has 0 radical (unpaired) electrons. The molecule has 2 N–H and O–H groups in total. The number of halogens is 1. The number of hydrogen-bond acceptors (Lipinski definition) is 4. The van der Waals surface area contributed by atoms with E-state index in [1.807, 2.05) is 0 Å². The molecule has 1 aliphatic heterocycles. The fraction of sp³-hybridized carbons (Fsp3) is 0.0909. The summed E-state index contributed by atoms with van der Waals surface area (Å²) in [6.45, 7) is 1.80. The lowest BCUT2D eigenvalue weighted by Gasteiger charge is -2.05. The first kappa shape index (κ1) is 12.4. The van der Waals surface area contributed by atoms with E-state index in [2.05, 4.69) is 5.32 Å². The molecular weight excluding hydrogens is 278 g/mol. The summed E-state index contributed by atoms with van der Waals surface area (Å²) in [5.74, 6) is -0.206. The average molecular weight is 286 g/mol. The molecule has 0 spiro atoms. The molecule has 3 nitrogen and oxygen atoms in total. The Kier molecular flexibility index (Phi) is 3.42. The van der Waals surface area contributed by atoms with Gasteiger partial charge in [0.1, 0.15) is 10.1 Å². The van der Waals surface area contributed by atoms with Crippen molar-refractivity contribution in [1.29, 1.82) is 0 Å². The SMILES string of the molecule is C/C(=C1\SC(=S)NC1=O)c1ccc(Cl)c(O)c1. The van der Waals surface area contributed by atoms with Crippen LogP contribution in [0, 0.1) is 0 Å². The third-order valence-electron chi connectivity index (χ3n) is 2.34. The van der Waals surface area contributed by atoms with E-state index >= 15 is 0 Å². The third kappa shape index (κ3) is 2.46. The van der Waals surface area contributed by atoms with Gasteiger partial charge in [-0.1, -0.05) is 41.6 Å².